The van der Waals surface area contributed by atoms with Crippen molar-refractivity contribution in [3.63, 3.8) is 0 Å². The molecule has 0 aliphatic carbocycles. The van der Waals surface area contributed by atoms with Crippen LogP contribution in [-0.2, 0) is 15.4 Å². The van der Waals surface area contributed by atoms with Gasteiger partial charge in [-0.25, -0.2) is 8.42 Å². The molecule has 0 radical (unpaired) electrons. The molecule has 0 saturated carbocycles. The standard InChI is InChI=1S/C22H27N3O2S/c1-22(2,3)17-6-8-18(9-7-17)28(26,27)25-13-10-16(11-14-25)19-15-24-20-5-4-12-23-21(19)20/h4-9,12,15-16,24H,10-11,13-14H2,1-3H3. The van der Waals surface area contributed by atoms with Crippen LogP contribution in [0.1, 0.15) is 50.7 Å². The summed E-state index contributed by atoms with van der Waals surface area (Å²) < 4.78 is 27.7. The fourth-order valence-electron chi connectivity index (χ4n) is 3.97. The number of benzene rings is 1. The van der Waals surface area contributed by atoms with Crippen molar-refractivity contribution in [3.05, 3.63) is 59.9 Å². The van der Waals surface area contributed by atoms with Crippen LogP contribution in [0.15, 0.2) is 53.7 Å². The van der Waals surface area contributed by atoms with E-state index in [1.165, 1.54) is 5.56 Å². The molecule has 6 heteroatoms. The van der Waals surface area contributed by atoms with Crippen LogP contribution in [-0.4, -0.2) is 35.8 Å². The van der Waals surface area contributed by atoms with Gasteiger partial charge in [0.2, 0.25) is 10.0 Å². The average molecular weight is 398 g/mol. The maximum absolute atomic E-state index is 13.1. The summed E-state index contributed by atoms with van der Waals surface area (Å²) in [4.78, 5) is 8.15. The van der Waals surface area contributed by atoms with E-state index in [0.717, 1.165) is 29.4 Å². The van der Waals surface area contributed by atoms with Gasteiger partial charge in [-0.15, -0.1) is 0 Å². The number of nitrogens with zero attached hydrogens (tertiary/aromatic N) is 2. The number of rotatable bonds is 3. The van der Waals surface area contributed by atoms with Crippen LogP contribution in [0.3, 0.4) is 0 Å². The number of hydrogen-bond donors (Lipinski definition) is 1. The molecule has 0 amide bonds. The average Bonchev–Trinajstić information content (AvgIpc) is 3.12. The van der Waals surface area contributed by atoms with E-state index in [2.05, 4.69) is 30.7 Å². The first kappa shape index (κ1) is 19.2. The summed E-state index contributed by atoms with van der Waals surface area (Å²) in [6, 6.07) is 11.3. The predicted molar refractivity (Wildman–Crippen MR) is 112 cm³/mol. The first-order valence-corrected chi connectivity index (χ1v) is 11.2. The zero-order valence-electron chi connectivity index (χ0n) is 16.6. The quantitative estimate of drug-likeness (QED) is 0.711. The van der Waals surface area contributed by atoms with Gasteiger partial charge in [-0.1, -0.05) is 32.9 Å². The maximum Gasteiger partial charge on any atom is 0.243 e. The van der Waals surface area contributed by atoms with Gasteiger partial charge in [0.05, 0.1) is 15.9 Å². The number of aromatic amines is 1. The minimum absolute atomic E-state index is 0.00794. The van der Waals surface area contributed by atoms with Crippen LogP contribution in [0, 0.1) is 0 Å². The second-order valence-corrected chi connectivity index (χ2v) is 10.5. The third-order valence-electron chi connectivity index (χ3n) is 5.72. The molecule has 0 atom stereocenters. The SMILES string of the molecule is CC(C)(C)c1ccc(S(=O)(=O)N2CCC(c3c[nH]c4cccnc34)CC2)cc1. The van der Waals surface area contributed by atoms with Crippen molar-refractivity contribution in [1.29, 1.82) is 0 Å². The minimum atomic E-state index is -3.45. The second kappa shape index (κ2) is 7.01. The van der Waals surface area contributed by atoms with Crippen LogP contribution in [0.2, 0.25) is 0 Å². The zero-order chi connectivity index (χ0) is 19.9. The van der Waals surface area contributed by atoms with Gasteiger partial charge in [0, 0.05) is 25.5 Å². The Labute approximate surface area is 166 Å². The molecule has 1 N–H and O–H groups in total. The van der Waals surface area contributed by atoms with Crippen LogP contribution < -0.4 is 0 Å². The Morgan fingerprint density at radius 2 is 1.75 bits per heavy atom. The van der Waals surface area contributed by atoms with Crippen molar-refractivity contribution in [2.24, 2.45) is 0 Å². The summed E-state index contributed by atoms with van der Waals surface area (Å²) in [6.45, 7) is 7.45. The molecule has 1 fully saturated rings. The van der Waals surface area contributed by atoms with Crippen LogP contribution >= 0.6 is 0 Å². The van der Waals surface area contributed by atoms with Crippen LogP contribution in [0.25, 0.3) is 11.0 Å². The topological polar surface area (TPSA) is 66.1 Å². The van der Waals surface area contributed by atoms with Gasteiger partial charge < -0.3 is 4.98 Å². The van der Waals surface area contributed by atoms with Gasteiger partial charge >= 0.3 is 0 Å². The van der Waals surface area contributed by atoms with Crippen molar-refractivity contribution in [2.75, 3.05) is 13.1 Å². The first-order valence-electron chi connectivity index (χ1n) is 9.79. The van der Waals surface area contributed by atoms with E-state index in [1.807, 2.05) is 30.5 Å². The summed E-state index contributed by atoms with van der Waals surface area (Å²) in [5.74, 6) is 0.332. The van der Waals surface area contributed by atoms with E-state index in [-0.39, 0.29) is 5.41 Å². The Hall–Kier alpha value is -2.18. The van der Waals surface area contributed by atoms with E-state index < -0.39 is 10.0 Å². The molecule has 2 aromatic heterocycles. The highest BCUT2D eigenvalue weighted by Gasteiger charge is 2.31. The van der Waals surface area contributed by atoms with Gasteiger partial charge in [-0.3, -0.25) is 4.98 Å². The predicted octanol–water partition coefficient (Wildman–Crippen LogP) is 4.43. The fraction of sp³-hybridized carbons (Fsp3) is 0.409. The molecular weight excluding hydrogens is 370 g/mol. The molecule has 3 heterocycles. The van der Waals surface area contributed by atoms with Gasteiger partial charge in [0.15, 0.2) is 0 Å². The van der Waals surface area contributed by atoms with Crippen LogP contribution in [0.4, 0.5) is 0 Å². The minimum Gasteiger partial charge on any atom is -0.360 e. The van der Waals surface area contributed by atoms with Gasteiger partial charge in [-0.2, -0.15) is 4.31 Å². The van der Waals surface area contributed by atoms with Crippen LogP contribution in [0.5, 0.6) is 0 Å². The highest BCUT2D eigenvalue weighted by molar-refractivity contribution is 7.89. The van der Waals surface area contributed by atoms with E-state index in [9.17, 15) is 8.42 Å². The van der Waals surface area contributed by atoms with Gasteiger partial charge in [0.1, 0.15) is 0 Å². The number of H-pyrrole nitrogens is 1. The highest BCUT2D eigenvalue weighted by atomic mass is 32.2. The normalized spacial score (nSPS) is 17.2. The number of hydrogen-bond acceptors (Lipinski definition) is 3. The number of aromatic nitrogens is 2. The Morgan fingerprint density at radius 3 is 2.39 bits per heavy atom. The van der Waals surface area contributed by atoms with E-state index in [0.29, 0.717) is 23.9 Å². The largest absolute Gasteiger partial charge is 0.360 e. The summed E-state index contributed by atoms with van der Waals surface area (Å²) in [6.07, 6.45) is 5.45. The molecule has 0 spiro atoms. The number of sulfonamides is 1. The fourth-order valence-corrected chi connectivity index (χ4v) is 5.44. The van der Waals surface area contributed by atoms with Crippen molar-refractivity contribution < 1.29 is 8.42 Å². The molecule has 148 valence electrons. The molecular formula is C22H27N3O2S. The van der Waals surface area contributed by atoms with Gasteiger partial charge in [0.25, 0.3) is 0 Å². The Bertz CT molecular complexity index is 1070. The van der Waals surface area contributed by atoms with Crippen molar-refractivity contribution in [1.82, 2.24) is 14.3 Å². The van der Waals surface area contributed by atoms with Crippen molar-refractivity contribution in [2.45, 2.75) is 49.8 Å². The van der Waals surface area contributed by atoms with Crippen molar-refractivity contribution in [3.8, 4) is 0 Å². The molecule has 1 saturated heterocycles. The number of nitrogens with one attached hydrogen (secondary N) is 1. The third-order valence-corrected chi connectivity index (χ3v) is 7.63. The smallest absolute Gasteiger partial charge is 0.243 e. The zero-order valence-corrected chi connectivity index (χ0v) is 17.5. The van der Waals surface area contributed by atoms with E-state index in [4.69, 9.17) is 0 Å². The number of fused-ring (bicyclic) bond motifs is 1. The monoisotopic (exact) mass is 397 g/mol. The van der Waals surface area contributed by atoms with Gasteiger partial charge in [-0.05, 0) is 59.6 Å². The Morgan fingerprint density at radius 1 is 1.07 bits per heavy atom. The lowest BCUT2D eigenvalue weighted by Gasteiger charge is -2.31. The highest BCUT2D eigenvalue weighted by Crippen LogP contribution is 2.34. The molecule has 5 nitrogen and oxygen atoms in total. The molecule has 1 aliphatic rings. The molecule has 4 rings (SSSR count). The number of pyridine rings is 1. The lowest BCUT2D eigenvalue weighted by Crippen LogP contribution is -2.37. The van der Waals surface area contributed by atoms with E-state index >= 15 is 0 Å². The number of piperidine rings is 1. The Kier molecular flexibility index (Phi) is 4.79. The summed E-state index contributed by atoms with van der Waals surface area (Å²) in [5.41, 5.74) is 4.38. The lowest BCUT2D eigenvalue weighted by atomic mass is 9.87. The van der Waals surface area contributed by atoms with E-state index in [1.54, 1.807) is 22.6 Å². The summed E-state index contributed by atoms with van der Waals surface area (Å²) in [7, 11) is -3.45. The Balaban J connectivity index is 1.49. The lowest BCUT2D eigenvalue weighted by molar-refractivity contribution is 0.320. The second-order valence-electron chi connectivity index (χ2n) is 8.60. The molecule has 1 aliphatic heterocycles. The maximum atomic E-state index is 13.1. The molecule has 0 bridgehead atoms. The van der Waals surface area contributed by atoms with Crippen molar-refractivity contribution >= 4 is 21.1 Å². The molecule has 1 aromatic carbocycles. The third kappa shape index (κ3) is 3.47. The molecule has 28 heavy (non-hydrogen) atoms. The summed E-state index contributed by atoms with van der Waals surface area (Å²) in [5, 5.41) is 0. The first-order chi connectivity index (χ1) is 13.3. The molecule has 0 unspecified atom stereocenters. The summed E-state index contributed by atoms with van der Waals surface area (Å²) >= 11 is 0. The molecule has 3 aromatic rings.